The monoisotopic (exact) mass is 540 g/mol. The zero-order chi connectivity index (χ0) is 22.9. The Morgan fingerprint density at radius 3 is 2.75 bits per heavy atom. The van der Waals surface area contributed by atoms with E-state index in [1.54, 1.807) is 24.3 Å². The molecule has 0 aliphatic heterocycles. The summed E-state index contributed by atoms with van der Waals surface area (Å²) in [5.41, 5.74) is 1.42. The van der Waals surface area contributed by atoms with Crippen LogP contribution in [-0.4, -0.2) is 34.3 Å². The standard InChI is InChI=1S/C20H18BrClN4O5S/c21-16-8-14(9-23-20(16)31-13-6-4-12(22)5-7-13)32(29,30)25-17-2-1-3-18-15(17)10-24-26(18)11-19(27)28/h4-10,17,25H,1-3,11H2,(H,27,28). The van der Waals surface area contributed by atoms with Crippen molar-refractivity contribution in [2.24, 2.45) is 0 Å². The average molecular weight is 542 g/mol. The summed E-state index contributed by atoms with van der Waals surface area (Å²) in [5.74, 6) is -0.291. The Bertz CT molecular complexity index is 1260. The number of nitrogens with one attached hydrogen (secondary N) is 1. The van der Waals surface area contributed by atoms with Crippen LogP contribution in [0, 0.1) is 0 Å². The van der Waals surface area contributed by atoms with Gasteiger partial charge < -0.3 is 9.84 Å². The zero-order valence-corrected chi connectivity index (χ0v) is 19.7. The molecule has 0 fully saturated rings. The molecule has 1 atom stereocenters. The van der Waals surface area contributed by atoms with E-state index in [0.717, 1.165) is 5.69 Å². The summed E-state index contributed by atoms with van der Waals surface area (Å²) in [7, 11) is -3.90. The highest BCUT2D eigenvalue weighted by Gasteiger charge is 2.29. The van der Waals surface area contributed by atoms with Gasteiger partial charge in [-0.25, -0.2) is 18.1 Å². The third kappa shape index (κ3) is 4.96. The third-order valence-electron chi connectivity index (χ3n) is 4.97. The van der Waals surface area contributed by atoms with Gasteiger partial charge >= 0.3 is 5.97 Å². The van der Waals surface area contributed by atoms with Crippen LogP contribution in [0.1, 0.15) is 30.1 Å². The van der Waals surface area contributed by atoms with E-state index < -0.39 is 22.0 Å². The van der Waals surface area contributed by atoms with Crippen molar-refractivity contribution in [3.05, 3.63) is 63.5 Å². The fourth-order valence-electron chi connectivity index (χ4n) is 3.50. The molecule has 0 saturated carbocycles. The van der Waals surface area contributed by atoms with Crippen molar-refractivity contribution in [1.82, 2.24) is 19.5 Å². The minimum atomic E-state index is -3.90. The number of aromatic nitrogens is 3. The second-order valence-corrected chi connectivity index (χ2v) is 10.2. The number of ether oxygens (including phenoxy) is 1. The van der Waals surface area contributed by atoms with Crippen LogP contribution in [0.3, 0.4) is 0 Å². The molecule has 1 aliphatic rings. The highest BCUT2D eigenvalue weighted by Crippen LogP contribution is 2.33. The molecular formula is C20H18BrClN4O5S. The van der Waals surface area contributed by atoms with E-state index in [-0.39, 0.29) is 17.3 Å². The van der Waals surface area contributed by atoms with E-state index in [1.807, 2.05) is 0 Å². The summed E-state index contributed by atoms with van der Waals surface area (Å²) in [4.78, 5) is 15.1. The Hall–Kier alpha value is -2.47. The van der Waals surface area contributed by atoms with Crippen molar-refractivity contribution in [1.29, 1.82) is 0 Å². The van der Waals surface area contributed by atoms with Gasteiger partial charge in [-0.05, 0) is 65.5 Å². The molecule has 2 N–H and O–H groups in total. The second kappa shape index (κ2) is 9.18. The second-order valence-electron chi connectivity index (χ2n) is 7.18. The van der Waals surface area contributed by atoms with Crippen LogP contribution in [0.4, 0.5) is 0 Å². The maximum atomic E-state index is 13.0. The van der Waals surface area contributed by atoms with Gasteiger partial charge in [-0.3, -0.25) is 9.48 Å². The number of sulfonamides is 1. The summed E-state index contributed by atoms with van der Waals surface area (Å²) in [6, 6.07) is 7.60. The van der Waals surface area contributed by atoms with Crippen molar-refractivity contribution in [2.45, 2.75) is 36.7 Å². The predicted molar refractivity (Wildman–Crippen MR) is 119 cm³/mol. The molecule has 1 unspecified atom stereocenters. The molecule has 0 spiro atoms. The summed E-state index contributed by atoms with van der Waals surface area (Å²) < 4.78 is 36.1. The number of pyridine rings is 1. The molecule has 32 heavy (non-hydrogen) atoms. The van der Waals surface area contributed by atoms with Crippen LogP contribution in [0.25, 0.3) is 0 Å². The quantitative estimate of drug-likeness (QED) is 0.464. The van der Waals surface area contributed by atoms with E-state index in [4.69, 9.17) is 21.4 Å². The van der Waals surface area contributed by atoms with Gasteiger partial charge in [0.05, 0.1) is 22.9 Å². The summed E-state index contributed by atoms with van der Waals surface area (Å²) in [5, 5.41) is 13.7. The van der Waals surface area contributed by atoms with Gasteiger partial charge in [0.2, 0.25) is 15.9 Å². The van der Waals surface area contributed by atoms with Gasteiger partial charge in [-0.2, -0.15) is 5.10 Å². The Morgan fingerprint density at radius 2 is 2.06 bits per heavy atom. The number of hydrogen-bond acceptors (Lipinski definition) is 6. The molecule has 168 valence electrons. The maximum Gasteiger partial charge on any atom is 0.325 e. The molecule has 9 nitrogen and oxygen atoms in total. The maximum absolute atomic E-state index is 13.0. The zero-order valence-electron chi connectivity index (χ0n) is 16.5. The van der Waals surface area contributed by atoms with E-state index in [0.29, 0.717) is 40.1 Å². The van der Waals surface area contributed by atoms with Crippen LogP contribution >= 0.6 is 27.5 Å². The molecule has 0 bridgehead atoms. The SMILES string of the molecule is O=C(O)Cn1ncc2c1CCCC2NS(=O)(=O)c1cnc(Oc2ccc(Cl)cc2)c(Br)c1. The molecular weight excluding hydrogens is 524 g/mol. The van der Waals surface area contributed by atoms with Crippen molar-refractivity contribution < 1.29 is 23.1 Å². The van der Waals surface area contributed by atoms with Gasteiger partial charge in [0.1, 0.15) is 17.2 Å². The lowest BCUT2D eigenvalue weighted by molar-refractivity contribution is -0.137. The molecule has 12 heteroatoms. The smallest absolute Gasteiger partial charge is 0.325 e. The first-order chi connectivity index (χ1) is 15.2. The number of fused-ring (bicyclic) bond motifs is 1. The van der Waals surface area contributed by atoms with Crippen LogP contribution < -0.4 is 9.46 Å². The first-order valence-corrected chi connectivity index (χ1v) is 12.3. The number of benzene rings is 1. The molecule has 0 radical (unpaired) electrons. The lowest BCUT2D eigenvalue weighted by Gasteiger charge is -2.24. The number of aliphatic carboxylic acids is 1. The Balaban J connectivity index is 1.53. The summed E-state index contributed by atoms with van der Waals surface area (Å²) in [6.45, 7) is -0.263. The highest BCUT2D eigenvalue weighted by molar-refractivity contribution is 9.10. The number of carboxylic acid groups (broad SMARTS) is 1. The van der Waals surface area contributed by atoms with Crippen LogP contribution in [0.2, 0.25) is 5.02 Å². The molecule has 0 amide bonds. The van der Waals surface area contributed by atoms with Gasteiger partial charge in [0.15, 0.2) is 0 Å². The van der Waals surface area contributed by atoms with E-state index in [1.165, 1.54) is 23.1 Å². The number of hydrogen-bond donors (Lipinski definition) is 2. The molecule has 1 aliphatic carbocycles. The third-order valence-corrected chi connectivity index (χ3v) is 7.22. The Kier molecular flexibility index (Phi) is 6.52. The average Bonchev–Trinajstić information content (AvgIpc) is 3.14. The van der Waals surface area contributed by atoms with Crippen LogP contribution in [-0.2, 0) is 27.8 Å². The van der Waals surface area contributed by atoms with Crippen molar-refractivity contribution in [3.63, 3.8) is 0 Å². The molecule has 3 aromatic rings. The van der Waals surface area contributed by atoms with Crippen LogP contribution in [0.15, 0.2) is 52.1 Å². The topological polar surface area (TPSA) is 123 Å². The summed E-state index contributed by atoms with van der Waals surface area (Å²) in [6.07, 6.45) is 4.68. The normalized spacial score (nSPS) is 15.9. The number of carboxylic acids is 1. The largest absolute Gasteiger partial charge is 0.480 e. The first-order valence-electron chi connectivity index (χ1n) is 9.60. The summed E-state index contributed by atoms with van der Waals surface area (Å²) >= 11 is 9.18. The lowest BCUT2D eigenvalue weighted by Crippen LogP contribution is -2.31. The Morgan fingerprint density at radius 1 is 1.31 bits per heavy atom. The predicted octanol–water partition coefficient (Wildman–Crippen LogP) is 3.93. The van der Waals surface area contributed by atoms with Crippen molar-refractivity contribution in [3.8, 4) is 11.6 Å². The van der Waals surface area contributed by atoms with Crippen molar-refractivity contribution in [2.75, 3.05) is 0 Å². The van der Waals surface area contributed by atoms with Gasteiger partial charge in [0.25, 0.3) is 0 Å². The van der Waals surface area contributed by atoms with Gasteiger partial charge in [-0.1, -0.05) is 11.6 Å². The minimum Gasteiger partial charge on any atom is -0.480 e. The molecule has 0 saturated heterocycles. The molecule has 1 aromatic carbocycles. The lowest BCUT2D eigenvalue weighted by atomic mass is 9.94. The van der Waals surface area contributed by atoms with E-state index in [9.17, 15) is 13.2 Å². The van der Waals surface area contributed by atoms with Gasteiger partial charge in [-0.15, -0.1) is 0 Å². The molecule has 4 rings (SSSR count). The first kappa shape index (κ1) is 22.7. The highest BCUT2D eigenvalue weighted by atomic mass is 79.9. The molecule has 2 heterocycles. The fraction of sp³-hybridized carbons (Fsp3) is 0.250. The van der Waals surface area contributed by atoms with Gasteiger partial charge in [0, 0.05) is 16.3 Å². The number of halogens is 2. The number of rotatable bonds is 7. The minimum absolute atomic E-state index is 0.0297. The van der Waals surface area contributed by atoms with E-state index >= 15 is 0 Å². The van der Waals surface area contributed by atoms with Crippen molar-refractivity contribution >= 4 is 43.5 Å². The van der Waals surface area contributed by atoms with E-state index in [2.05, 4.69) is 30.7 Å². The Labute approximate surface area is 197 Å². The number of carbonyl (C=O) groups is 1. The van der Waals surface area contributed by atoms with Crippen LogP contribution in [0.5, 0.6) is 11.6 Å². The molecule has 2 aromatic heterocycles. The number of nitrogens with zero attached hydrogens (tertiary/aromatic N) is 3. The fourth-order valence-corrected chi connectivity index (χ4v) is 5.43.